The van der Waals surface area contributed by atoms with E-state index in [1.807, 2.05) is 0 Å². The molecule has 0 bridgehead atoms. The average Bonchev–Trinajstić information content (AvgIpc) is 2.53. The maximum absolute atomic E-state index is 5.91. The third kappa shape index (κ3) is 3.55. The maximum atomic E-state index is 5.91. The lowest BCUT2D eigenvalue weighted by Crippen LogP contribution is -2.21. The molecule has 0 aromatic heterocycles. The molecule has 2 heteroatoms. The van der Waals surface area contributed by atoms with E-state index >= 15 is 0 Å². The molecule has 1 heterocycles. The zero-order chi connectivity index (χ0) is 8.81. The molecule has 0 amide bonds. The summed E-state index contributed by atoms with van der Waals surface area (Å²) in [4.78, 5) is 0. The molecule has 0 radical (unpaired) electrons. The van der Waals surface area contributed by atoms with Gasteiger partial charge >= 0.3 is 0 Å². The second kappa shape index (κ2) is 5.55. The Morgan fingerprint density at radius 3 is 2.92 bits per heavy atom. The molecule has 0 saturated carbocycles. The highest BCUT2D eigenvalue weighted by molar-refractivity contribution is 4.69. The topological polar surface area (TPSA) is 35.2 Å². The van der Waals surface area contributed by atoms with Gasteiger partial charge in [0.1, 0.15) is 0 Å². The first-order valence-corrected chi connectivity index (χ1v) is 5.20. The summed E-state index contributed by atoms with van der Waals surface area (Å²) in [6.45, 7) is 3.15. The zero-order valence-corrected chi connectivity index (χ0v) is 8.09. The molecule has 12 heavy (non-hydrogen) atoms. The van der Waals surface area contributed by atoms with Gasteiger partial charge in [0, 0.05) is 12.6 Å². The predicted molar refractivity (Wildman–Crippen MR) is 51.1 cm³/mol. The highest BCUT2D eigenvalue weighted by Gasteiger charge is 2.15. The van der Waals surface area contributed by atoms with E-state index in [2.05, 4.69) is 6.92 Å². The van der Waals surface area contributed by atoms with Gasteiger partial charge in [-0.2, -0.15) is 0 Å². The highest BCUT2D eigenvalue weighted by atomic mass is 16.5. The first kappa shape index (κ1) is 10.0. The highest BCUT2D eigenvalue weighted by Crippen LogP contribution is 2.18. The first-order chi connectivity index (χ1) is 5.83. The van der Waals surface area contributed by atoms with Gasteiger partial charge in [-0.05, 0) is 32.1 Å². The van der Waals surface area contributed by atoms with Crippen LogP contribution < -0.4 is 5.73 Å². The van der Waals surface area contributed by atoms with Crippen molar-refractivity contribution in [1.82, 2.24) is 0 Å². The fourth-order valence-corrected chi connectivity index (χ4v) is 1.79. The Balaban J connectivity index is 1.99. The van der Waals surface area contributed by atoms with Crippen molar-refractivity contribution in [3.8, 4) is 0 Å². The van der Waals surface area contributed by atoms with Crippen LogP contribution in [0.5, 0.6) is 0 Å². The van der Waals surface area contributed by atoms with Crippen molar-refractivity contribution >= 4 is 0 Å². The Labute approximate surface area is 75.5 Å². The van der Waals surface area contributed by atoms with Gasteiger partial charge in [-0.15, -0.1) is 0 Å². The lowest BCUT2D eigenvalue weighted by atomic mass is 10.0. The summed E-state index contributed by atoms with van der Waals surface area (Å²) >= 11 is 0. The van der Waals surface area contributed by atoms with Gasteiger partial charge in [0.25, 0.3) is 0 Å². The van der Waals surface area contributed by atoms with Crippen molar-refractivity contribution < 1.29 is 4.74 Å². The van der Waals surface area contributed by atoms with Crippen LogP contribution in [0.1, 0.15) is 45.4 Å². The summed E-state index contributed by atoms with van der Waals surface area (Å²) < 4.78 is 5.53. The lowest BCUT2D eigenvalue weighted by molar-refractivity contribution is 0.100. The SMILES string of the molecule is CCC[C@H](N)CCC1CCCO1. The van der Waals surface area contributed by atoms with Gasteiger partial charge in [0.2, 0.25) is 0 Å². The largest absolute Gasteiger partial charge is 0.378 e. The summed E-state index contributed by atoms with van der Waals surface area (Å²) in [5.74, 6) is 0. The van der Waals surface area contributed by atoms with E-state index in [4.69, 9.17) is 10.5 Å². The molecular weight excluding hydrogens is 150 g/mol. The van der Waals surface area contributed by atoms with E-state index < -0.39 is 0 Å². The van der Waals surface area contributed by atoms with Crippen molar-refractivity contribution in [1.29, 1.82) is 0 Å². The van der Waals surface area contributed by atoms with E-state index in [1.54, 1.807) is 0 Å². The fourth-order valence-electron chi connectivity index (χ4n) is 1.79. The van der Waals surface area contributed by atoms with Crippen molar-refractivity contribution in [2.24, 2.45) is 5.73 Å². The Kier molecular flexibility index (Phi) is 4.62. The van der Waals surface area contributed by atoms with Crippen molar-refractivity contribution in [3.05, 3.63) is 0 Å². The van der Waals surface area contributed by atoms with Gasteiger partial charge in [0.05, 0.1) is 6.10 Å². The van der Waals surface area contributed by atoms with Crippen molar-refractivity contribution in [2.75, 3.05) is 6.61 Å². The molecule has 1 aliphatic rings. The second-order valence-electron chi connectivity index (χ2n) is 3.76. The predicted octanol–water partition coefficient (Wildman–Crippen LogP) is 2.07. The summed E-state index contributed by atoms with van der Waals surface area (Å²) in [6, 6.07) is 0.402. The summed E-state index contributed by atoms with van der Waals surface area (Å²) in [6.07, 6.45) is 7.68. The van der Waals surface area contributed by atoms with Crippen LogP contribution in [-0.4, -0.2) is 18.8 Å². The number of hydrogen-bond donors (Lipinski definition) is 1. The van der Waals surface area contributed by atoms with E-state index in [9.17, 15) is 0 Å². The van der Waals surface area contributed by atoms with Gasteiger partial charge in [-0.1, -0.05) is 13.3 Å². The Hall–Kier alpha value is -0.0800. The van der Waals surface area contributed by atoms with E-state index in [1.165, 1.54) is 25.7 Å². The number of nitrogens with two attached hydrogens (primary N) is 1. The molecule has 0 aliphatic carbocycles. The van der Waals surface area contributed by atoms with Crippen LogP contribution in [0.15, 0.2) is 0 Å². The molecule has 0 aromatic rings. The molecule has 72 valence electrons. The van der Waals surface area contributed by atoms with Crippen LogP contribution in [-0.2, 0) is 4.74 Å². The molecule has 2 nitrogen and oxygen atoms in total. The monoisotopic (exact) mass is 171 g/mol. The Morgan fingerprint density at radius 1 is 1.50 bits per heavy atom. The molecule has 1 rings (SSSR count). The molecule has 1 saturated heterocycles. The van der Waals surface area contributed by atoms with Gasteiger partial charge in [-0.3, -0.25) is 0 Å². The Morgan fingerprint density at radius 2 is 2.33 bits per heavy atom. The quantitative estimate of drug-likeness (QED) is 0.687. The standard InChI is InChI=1S/C10H21NO/c1-2-4-9(11)6-7-10-5-3-8-12-10/h9-10H,2-8,11H2,1H3/t9-,10?/m0/s1. The normalized spacial score (nSPS) is 26.0. The molecule has 0 aromatic carbocycles. The number of hydrogen-bond acceptors (Lipinski definition) is 2. The molecular formula is C10H21NO. The third-order valence-electron chi connectivity index (χ3n) is 2.54. The number of rotatable bonds is 5. The summed E-state index contributed by atoms with van der Waals surface area (Å²) in [5, 5.41) is 0. The first-order valence-electron chi connectivity index (χ1n) is 5.20. The smallest absolute Gasteiger partial charge is 0.0576 e. The van der Waals surface area contributed by atoms with Crippen LogP contribution in [0.2, 0.25) is 0 Å². The molecule has 1 unspecified atom stereocenters. The maximum Gasteiger partial charge on any atom is 0.0576 e. The second-order valence-corrected chi connectivity index (χ2v) is 3.76. The molecule has 0 spiro atoms. The zero-order valence-electron chi connectivity index (χ0n) is 8.09. The Bertz CT molecular complexity index is 110. The summed E-state index contributed by atoms with van der Waals surface area (Å²) in [7, 11) is 0. The molecule has 2 atom stereocenters. The van der Waals surface area contributed by atoms with Crippen molar-refractivity contribution in [2.45, 2.75) is 57.6 Å². The van der Waals surface area contributed by atoms with Crippen LogP contribution in [0.4, 0.5) is 0 Å². The minimum Gasteiger partial charge on any atom is -0.378 e. The van der Waals surface area contributed by atoms with Gasteiger partial charge < -0.3 is 10.5 Å². The lowest BCUT2D eigenvalue weighted by Gasteiger charge is -2.13. The third-order valence-corrected chi connectivity index (χ3v) is 2.54. The minimum atomic E-state index is 0.402. The van der Waals surface area contributed by atoms with Crippen LogP contribution in [0.3, 0.4) is 0 Å². The fraction of sp³-hybridized carbons (Fsp3) is 1.00. The molecule has 1 aliphatic heterocycles. The molecule has 2 N–H and O–H groups in total. The summed E-state index contributed by atoms with van der Waals surface area (Å²) in [5.41, 5.74) is 5.91. The van der Waals surface area contributed by atoms with Gasteiger partial charge in [-0.25, -0.2) is 0 Å². The van der Waals surface area contributed by atoms with Crippen LogP contribution in [0, 0.1) is 0 Å². The van der Waals surface area contributed by atoms with Crippen LogP contribution in [0.25, 0.3) is 0 Å². The van der Waals surface area contributed by atoms with Crippen molar-refractivity contribution in [3.63, 3.8) is 0 Å². The van der Waals surface area contributed by atoms with Gasteiger partial charge in [0.15, 0.2) is 0 Å². The van der Waals surface area contributed by atoms with E-state index in [0.717, 1.165) is 19.4 Å². The van der Waals surface area contributed by atoms with Crippen LogP contribution >= 0.6 is 0 Å². The minimum absolute atomic E-state index is 0.402. The van der Waals surface area contributed by atoms with E-state index in [0.29, 0.717) is 12.1 Å². The van der Waals surface area contributed by atoms with E-state index in [-0.39, 0.29) is 0 Å². The molecule has 1 fully saturated rings. The number of ether oxygens (including phenoxy) is 1. The average molecular weight is 171 g/mol.